The molecule has 1 aromatic rings. The third-order valence-electron chi connectivity index (χ3n) is 7.63. The van der Waals surface area contributed by atoms with Crippen LogP contribution in [0.15, 0.2) is 24.3 Å². The fraction of sp³-hybridized carbons (Fsp3) is 0.720. The maximum Gasteiger partial charge on any atom is 0.222 e. The molecule has 0 radical (unpaired) electrons. The van der Waals surface area contributed by atoms with E-state index < -0.39 is 0 Å². The predicted octanol–water partition coefficient (Wildman–Crippen LogP) is 3.67. The van der Waals surface area contributed by atoms with Crippen LogP contribution in [0.25, 0.3) is 0 Å². The van der Waals surface area contributed by atoms with E-state index in [4.69, 9.17) is 4.74 Å². The zero-order valence-electron chi connectivity index (χ0n) is 17.7. The number of hydrogen-bond donors (Lipinski definition) is 0. The highest BCUT2D eigenvalue weighted by Gasteiger charge is 2.33. The zero-order chi connectivity index (χ0) is 19.6. The minimum atomic E-state index is 0.273. The van der Waals surface area contributed by atoms with Gasteiger partial charge < -0.3 is 9.64 Å². The monoisotopic (exact) mass is 396 g/mol. The third-order valence-corrected chi connectivity index (χ3v) is 7.63. The average molecular weight is 397 g/mol. The first-order valence-corrected chi connectivity index (χ1v) is 11.9. The first-order chi connectivity index (χ1) is 14.2. The summed E-state index contributed by atoms with van der Waals surface area (Å²) in [6.45, 7) is 5.02. The van der Waals surface area contributed by atoms with Crippen molar-refractivity contribution in [2.45, 2.75) is 69.9 Å². The highest BCUT2D eigenvalue weighted by atomic mass is 16.5. The standard InChI is InChI=1S/C25H36N2O2/c28-25(14-19-7-8-19)27(18-24-6-3-13-29-24)17-20-9-11-26(12-10-20)23-15-21-4-1-2-5-22(21)16-23/h1-2,4-5,19-20,23-24H,3,6-18H2. The number of rotatable bonds is 7. The van der Waals surface area contributed by atoms with E-state index in [0.717, 1.165) is 39.0 Å². The van der Waals surface area contributed by atoms with Crippen LogP contribution in [-0.2, 0) is 22.4 Å². The molecule has 0 aromatic heterocycles. The molecule has 158 valence electrons. The van der Waals surface area contributed by atoms with Crippen molar-refractivity contribution in [3.05, 3.63) is 35.4 Å². The molecule has 0 N–H and O–H groups in total. The Hall–Kier alpha value is -1.39. The zero-order valence-corrected chi connectivity index (χ0v) is 17.7. The Balaban J connectivity index is 1.13. The molecule has 1 unspecified atom stereocenters. The number of nitrogens with zero attached hydrogens (tertiary/aromatic N) is 2. The molecule has 1 aromatic carbocycles. The summed E-state index contributed by atoms with van der Waals surface area (Å²) in [5.74, 6) is 1.71. The second-order valence-corrected chi connectivity index (χ2v) is 9.89. The fourth-order valence-electron chi connectivity index (χ4n) is 5.62. The van der Waals surface area contributed by atoms with Crippen LogP contribution in [0.1, 0.15) is 56.1 Å². The Morgan fingerprint density at radius 3 is 2.31 bits per heavy atom. The van der Waals surface area contributed by atoms with E-state index in [-0.39, 0.29) is 6.10 Å². The number of ether oxygens (including phenoxy) is 1. The molecular weight excluding hydrogens is 360 g/mol. The second kappa shape index (κ2) is 8.77. The number of fused-ring (bicyclic) bond motifs is 1. The van der Waals surface area contributed by atoms with E-state index in [1.165, 1.54) is 51.6 Å². The van der Waals surface area contributed by atoms with E-state index in [9.17, 15) is 4.79 Å². The summed E-state index contributed by atoms with van der Waals surface area (Å²) >= 11 is 0. The first kappa shape index (κ1) is 19.6. The Labute approximate surface area is 175 Å². The fourth-order valence-corrected chi connectivity index (χ4v) is 5.62. The maximum atomic E-state index is 12.9. The van der Waals surface area contributed by atoms with Gasteiger partial charge in [-0.1, -0.05) is 24.3 Å². The minimum Gasteiger partial charge on any atom is -0.376 e. The summed E-state index contributed by atoms with van der Waals surface area (Å²) in [6.07, 6.45) is 10.7. The number of amides is 1. The van der Waals surface area contributed by atoms with Crippen LogP contribution in [-0.4, -0.2) is 60.6 Å². The smallest absolute Gasteiger partial charge is 0.222 e. The molecule has 2 saturated heterocycles. The highest BCUT2D eigenvalue weighted by Crippen LogP contribution is 2.34. The van der Waals surface area contributed by atoms with Gasteiger partial charge >= 0.3 is 0 Å². The molecule has 29 heavy (non-hydrogen) atoms. The van der Waals surface area contributed by atoms with Crippen molar-refractivity contribution in [1.29, 1.82) is 0 Å². The topological polar surface area (TPSA) is 32.8 Å². The summed E-state index contributed by atoms with van der Waals surface area (Å²) in [5.41, 5.74) is 3.10. The minimum absolute atomic E-state index is 0.273. The van der Waals surface area contributed by atoms with Gasteiger partial charge in [-0.2, -0.15) is 0 Å². The lowest BCUT2D eigenvalue weighted by Crippen LogP contribution is -2.46. The molecule has 5 rings (SSSR count). The summed E-state index contributed by atoms with van der Waals surface area (Å²) in [5, 5.41) is 0. The summed E-state index contributed by atoms with van der Waals surface area (Å²) in [4.78, 5) is 17.8. The van der Waals surface area contributed by atoms with Crippen LogP contribution >= 0.6 is 0 Å². The Bertz CT molecular complexity index is 678. The van der Waals surface area contributed by atoms with Gasteiger partial charge in [0.05, 0.1) is 6.10 Å². The molecule has 1 amide bonds. The molecule has 1 atom stereocenters. The lowest BCUT2D eigenvalue weighted by molar-refractivity contribution is -0.134. The molecule has 4 heteroatoms. The van der Waals surface area contributed by atoms with Gasteiger partial charge in [-0.25, -0.2) is 0 Å². The molecule has 1 saturated carbocycles. The molecular formula is C25H36N2O2. The van der Waals surface area contributed by atoms with Gasteiger partial charge in [0.1, 0.15) is 0 Å². The number of benzene rings is 1. The average Bonchev–Trinajstić information content (AvgIpc) is 3.23. The van der Waals surface area contributed by atoms with Crippen molar-refractivity contribution in [1.82, 2.24) is 9.80 Å². The van der Waals surface area contributed by atoms with Crippen molar-refractivity contribution in [2.24, 2.45) is 11.8 Å². The van der Waals surface area contributed by atoms with Crippen molar-refractivity contribution < 1.29 is 9.53 Å². The van der Waals surface area contributed by atoms with Crippen molar-refractivity contribution >= 4 is 5.91 Å². The summed E-state index contributed by atoms with van der Waals surface area (Å²) < 4.78 is 5.86. The number of piperidine rings is 1. The summed E-state index contributed by atoms with van der Waals surface area (Å²) in [6, 6.07) is 9.64. The molecule has 4 aliphatic rings. The maximum absolute atomic E-state index is 12.9. The molecule has 0 spiro atoms. The lowest BCUT2D eigenvalue weighted by Gasteiger charge is -2.38. The van der Waals surface area contributed by atoms with Gasteiger partial charge in [0.2, 0.25) is 5.91 Å². The van der Waals surface area contributed by atoms with E-state index in [0.29, 0.717) is 23.8 Å². The SMILES string of the molecule is O=C(CC1CC1)N(CC1CCN(C2Cc3ccccc3C2)CC1)CC1CCCO1. The molecule has 3 fully saturated rings. The summed E-state index contributed by atoms with van der Waals surface area (Å²) in [7, 11) is 0. The van der Waals surface area contributed by atoms with Crippen LogP contribution in [0.4, 0.5) is 0 Å². The largest absolute Gasteiger partial charge is 0.376 e. The van der Waals surface area contributed by atoms with Gasteiger partial charge in [0.15, 0.2) is 0 Å². The van der Waals surface area contributed by atoms with Crippen molar-refractivity contribution in [3.8, 4) is 0 Å². The Morgan fingerprint density at radius 2 is 1.69 bits per heavy atom. The lowest BCUT2D eigenvalue weighted by atomic mass is 9.94. The number of likely N-dealkylation sites (tertiary alicyclic amines) is 1. The van der Waals surface area contributed by atoms with Gasteiger partial charge in [-0.15, -0.1) is 0 Å². The van der Waals surface area contributed by atoms with Crippen LogP contribution in [0.5, 0.6) is 0 Å². The van der Waals surface area contributed by atoms with Gasteiger partial charge in [0, 0.05) is 32.2 Å². The van der Waals surface area contributed by atoms with E-state index in [2.05, 4.69) is 34.1 Å². The van der Waals surface area contributed by atoms with Crippen molar-refractivity contribution in [3.63, 3.8) is 0 Å². The van der Waals surface area contributed by atoms with Gasteiger partial charge in [-0.3, -0.25) is 9.69 Å². The normalized spacial score (nSPS) is 26.0. The predicted molar refractivity (Wildman–Crippen MR) is 115 cm³/mol. The van der Waals surface area contributed by atoms with E-state index in [1.54, 1.807) is 11.1 Å². The second-order valence-electron chi connectivity index (χ2n) is 9.89. The molecule has 2 aliphatic heterocycles. The molecule has 2 aliphatic carbocycles. The van der Waals surface area contributed by atoms with Crippen molar-refractivity contribution in [2.75, 3.05) is 32.8 Å². The quantitative estimate of drug-likeness (QED) is 0.705. The van der Waals surface area contributed by atoms with Crippen LogP contribution in [0.3, 0.4) is 0 Å². The van der Waals surface area contributed by atoms with E-state index in [1.807, 2.05) is 0 Å². The first-order valence-electron chi connectivity index (χ1n) is 11.9. The Kier molecular flexibility index (Phi) is 5.92. The number of carbonyl (C=O) groups excluding carboxylic acids is 1. The van der Waals surface area contributed by atoms with Crippen LogP contribution in [0.2, 0.25) is 0 Å². The van der Waals surface area contributed by atoms with Gasteiger partial charge in [0.25, 0.3) is 0 Å². The molecule has 2 heterocycles. The Morgan fingerprint density at radius 1 is 0.966 bits per heavy atom. The number of carbonyl (C=O) groups is 1. The molecule has 0 bridgehead atoms. The molecule has 4 nitrogen and oxygen atoms in total. The van der Waals surface area contributed by atoms with Crippen LogP contribution in [0, 0.1) is 11.8 Å². The third kappa shape index (κ3) is 4.86. The number of hydrogen-bond acceptors (Lipinski definition) is 3. The van der Waals surface area contributed by atoms with Crippen LogP contribution < -0.4 is 0 Å². The van der Waals surface area contributed by atoms with E-state index >= 15 is 0 Å². The van der Waals surface area contributed by atoms with Gasteiger partial charge in [-0.05, 0) is 87.4 Å². The highest BCUT2D eigenvalue weighted by molar-refractivity contribution is 5.76.